The lowest BCUT2D eigenvalue weighted by molar-refractivity contribution is 0.0988. The summed E-state index contributed by atoms with van der Waals surface area (Å²) >= 11 is 0. The summed E-state index contributed by atoms with van der Waals surface area (Å²) in [5, 5.41) is 1.91. The predicted octanol–water partition coefficient (Wildman–Crippen LogP) is 5.56. The molecule has 0 spiro atoms. The van der Waals surface area contributed by atoms with Gasteiger partial charge in [0.25, 0.3) is 11.8 Å². The standard InChI is InChI=1S/C28H21N3O2/c1-16-22-20-13-7-8-14-21(20)30-25(22)24(27(29)32)23(17-9-3-2-4-10-17)26(16)31-15-18-11-5-6-12-19(18)28(31)33/h2-14,30H,15H2,1H3,(H2,29,32). The maximum atomic E-state index is 13.6. The number of hydrogen-bond acceptors (Lipinski definition) is 2. The van der Waals surface area contributed by atoms with Gasteiger partial charge in [-0.2, -0.15) is 0 Å². The number of primary amides is 1. The fraction of sp³-hybridized carbons (Fsp3) is 0.0714. The smallest absolute Gasteiger partial charge is 0.258 e. The van der Waals surface area contributed by atoms with E-state index in [2.05, 4.69) is 4.98 Å². The Kier molecular flexibility index (Phi) is 4.14. The van der Waals surface area contributed by atoms with Gasteiger partial charge >= 0.3 is 0 Å². The molecule has 1 aromatic heterocycles. The molecule has 3 N–H and O–H groups in total. The van der Waals surface area contributed by atoms with Crippen LogP contribution in [-0.4, -0.2) is 16.8 Å². The first-order chi connectivity index (χ1) is 16.1. The number of amides is 2. The lowest BCUT2D eigenvalue weighted by Gasteiger charge is -2.25. The third-order valence-corrected chi connectivity index (χ3v) is 6.57. The van der Waals surface area contributed by atoms with Crippen LogP contribution in [0.4, 0.5) is 5.69 Å². The largest absolute Gasteiger partial charge is 0.366 e. The third kappa shape index (κ3) is 2.72. The number of anilines is 1. The van der Waals surface area contributed by atoms with Gasteiger partial charge in [-0.25, -0.2) is 0 Å². The van der Waals surface area contributed by atoms with E-state index in [0.29, 0.717) is 28.8 Å². The normalized spacial score (nSPS) is 13.1. The van der Waals surface area contributed by atoms with Crippen LogP contribution in [0, 0.1) is 6.92 Å². The van der Waals surface area contributed by atoms with Crippen molar-refractivity contribution >= 4 is 39.3 Å². The van der Waals surface area contributed by atoms with E-state index < -0.39 is 5.91 Å². The Morgan fingerprint density at radius 3 is 2.39 bits per heavy atom. The Balaban J connectivity index is 1.78. The Morgan fingerprint density at radius 2 is 1.64 bits per heavy atom. The van der Waals surface area contributed by atoms with Gasteiger partial charge in [0.2, 0.25) is 0 Å². The molecule has 33 heavy (non-hydrogen) atoms. The van der Waals surface area contributed by atoms with Gasteiger partial charge in [-0.3, -0.25) is 9.59 Å². The van der Waals surface area contributed by atoms with E-state index in [1.165, 1.54) is 0 Å². The van der Waals surface area contributed by atoms with Gasteiger partial charge in [0.15, 0.2) is 0 Å². The van der Waals surface area contributed by atoms with Crippen LogP contribution in [0.2, 0.25) is 0 Å². The number of benzene rings is 4. The number of nitrogens with zero attached hydrogens (tertiary/aromatic N) is 1. The molecule has 4 aromatic carbocycles. The molecule has 0 aliphatic carbocycles. The molecule has 0 bridgehead atoms. The molecule has 5 heteroatoms. The van der Waals surface area contributed by atoms with Gasteiger partial charge in [-0.1, -0.05) is 66.7 Å². The molecular formula is C28H21N3O2. The average Bonchev–Trinajstić information content (AvgIpc) is 3.37. The molecule has 0 atom stereocenters. The number of aromatic amines is 1. The van der Waals surface area contributed by atoms with Gasteiger partial charge in [-0.15, -0.1) is 0 Å². The Bertz CT molecular complexity index is 1600. The number of hydrogen-bond donors (Lipinski definition) is 2. The number of para-hydroxylation sites is 1. The van der Waals surface area contributed by atoms with E-state index in [-0.39, 0.29) is 5.91 Å². The summed E-state index contributed by atoms with van der Waals surface area (Å²) in [6.07, 6.45) is 0. The van der Waals surface area contributed by atoms with Crippen molar-refractivity contribution in [1.29, 1.82) is 0 Å². The number of nitrogens with one attached hydrogen (secondary N) is 1. The van der Waals surface area contributed by atoms with E-state index in [0.717, 1.165) is 38.7 Å². The van der Waals surface area contributed by atoms with Crippen molar-refractivity contribution in [3.63, 3.8) is 0 Å². The predicted molar refractivity (Wildman–Crippen MR) is 131 cm³/mol. The minimum atomic E-state index is -0.532. The lowest BCUT2D eigenvalue weighted by Crippen LogP contribution is -2.26. The van der Waals surface area contributed by atoms with Crippen LogP contribution in [0.25, 0.3) is 32.9 Å². The van der Waals surface area contributed by atoms with Crippen LogP contribution in [0.5, 0.6) is 0 Å². The minimum absolute atomic E-state index is 0.0690. The first-order valence-electron chi connectivity index (χ1n) is 10.9. The molecule has 1 aliphatic heterocycles. The maximum absolute atomic E-state index is 13.6. The molecule has 2 amide bonds. The molecule has 5 aromatic rings. The van der Waals surface area contributed by atoms with Crippen LogP contribution >= 0.6 is 0 Å². The second-order valence-corrected chi connectivity index (χ2v) is 8.42. The lowest BCUT2D eigenvalue weighted by atomic mass is 9.90. The number of aryl methyl sites for hydroxylation is 1. The number of H-pyrrole nitrogens is 1. The van der Waals surface area contributed by atoms with Crippen LogP contribution in [-0.2, 0) is 6.54 Å². The van der Waals surface area contributed by atoms with E-state index in [1.807, 2.05) is 85.8 Å². The van der Waals surface area contributed by atoms with Crippen molar-refractivity contribution < 1.29 is 9.59 Å². The summed E-state index contributed by atoms with van der Waals surface area (Å²) in [7, 11) is 0. The summed E-state index contributed by atoms with van der Waals surface area (Å²) in [6.45, 7) is 2.47. The zero-order valence-electron chi connectivity index (χ0n) is 18.1. The van der Waals surface area contributed by atoms with Crippen LogP contribution in [0.3, 0.4) is 0 Å². The average molecular weight is 431 g/mol. The zero-order valence-corrected chi connectivity index (χ0v) is 18.1. The molecule has 5 nitrogen and oxygen atoms in total. The van der Waals surface area contributed by atoms with Gasteiger partial charge < -0.3 is 15.6 Å². The zero-order chi connectivity index (χ0) is 22.7. The van der Waals surface area contributed by atoms with Crippen molar-refractivity contribution in [3.05, 3.63) is 101 Å². The molecule has 0 unspecified atom stereocenters. The minimum Gasteiger partial charge on any atom is -0.366 e. The number of aromatic nitrogens is 1. The monoisotopic (exact) mass is 431 g/mol. The van der Waals surface area contributed by atoms with Gasteiger partial charge in [-0.05, 0) is 35.7 Å². The van der Waals surface area contributed by atoms with Crippen LogP contribution in [0.1, 0.15) is 31.8 Å². The fourth-order valence-electron chi connectivity index (χ4n) is 5.17. The van der Waals surface area contributed by atoms with Crippen LogP contribution in [0.15, 0.2) is 78.9 Å². The highest BCUT2D eigenvalue weighted by Crippen LogP contribution is 2.46. The summed E-state index contributed by atoms with van der Waals surface area (Å²) in [5.41, 5.74) is 12.9. The van der Waals surface area contributed by atoms with Crippen molar-refractivity contribution in [2.75, 3.05) is 4.90 Å². The van der Waals surface area contributed by atoms with E-state index in [1.54, 1.807) is 4.90 Å². The fourth-order valence-corrected chi connectivity index (χ4v) is 5.17. The molecule has 0 saturated carbocycles. The Morgan fingerprint density at radius 1 is 0.939 bits per heavy atom. The quantitative estimate of drug-likeness (QED) is 0.392. The topological polar surface area (TPSA) is 79.2 Å². The molecule has 0 radical (unpaired) electrons. The molecular weight excluding hydrogens is 410 g/mol. The third-order valence-electron chi connectivity index (χ3n) is 6.57. The summed E-state index contributed by atoms with van der Waals surface area (Å²) in [5.74, 6) is -0.601. The number of carbonyl (C=O) groups excluding carboxylic acids is 2. The summed E-state index contributed by atoms with van der Waals surface area (Å²) < 4.78 is 0. The molecule has 1 aliphatic rings. The first-order valence-corrected chi connectivity index (χ1v) is 10.9. The van der Waals surface area contributed by atoms with Gasteiger partial charge in [0.1, 0.15) is 0 Å². The van der Waals surface area contributed by atoms with Gasteiger partial charge in [0.05, 0.1) is 23.3 Å². The molecule has 6 rings (SSSR count). The summed E-state index contributed by atoms with van der Waals surface area (Å²) in [4.78, 5) is 31.7. The molecule has 0 saturated heterocycles. The number of fused-ring (bicyclic) bond motifs is 4. The molecule has 0 fully saturated rings. The second-order valence-electron chi connectivity index (χ2n) is 8.42. The van der Waals surface area contributed by atoms with Gasteiger partial charge in [0, 0.05) is 27.4 Å². The van der Waals surface area contributed by atoms with E-state index >= 15 is 0 Å². The van der Waals surface area contributed by atoms with Crippen molar-refractivity contribution in [2.24, 2.45) is 5.73 Å². The number of carbonyl (C=O) groups is 2. The van der Waals surface area contributed by atoms with Crippen LogP contribution < -0.4 is 10.6 Å². The highest BCUT2D eigenvalue weighted by atomic mass is 16.2. The van der Waals surface area contributed by atoms with E-state index in [9.17, 15) is 9.59 Å². The highest BCUT2D eigenvalue weighted by molar-refractivity contribution is 6.24. The van der Waals surface area contributed by atoms with Crippen molar-refractivity contribution in [2.45, 2.75) is 13.5 Å². The highest BCUT2D eigenvalue weighted by Gasteiger charge is 2.34. The molecule has 160 valence electrons. The SMILES string of the molecule is Cc1c(N2Cc3ccccc3C2=O)c(-c2ccccc2)c(C(N)=O)c2[nH]c3ccccc3c12. The second kappa shape index (κ2) is 7.07. The first kappa shape index (κ1) is 19.3. The summed E-state index contributed by atoms with van der Waals surface area (Å²) in [6, 6.07) is 25.3. The molecule has 2 heterocycles. The maximum Gasteiger partial charge on any atom is 0.258 e. The van der Waals surface area contributed by atoms with E-state index in [4.69, 9.17) is 5.73 Å². The number of nitrogens with two attached hydrogens (primary N) is 1. The van der Waals surface area contributed by atoms with Crippen molar-refractivity contribution in [1.82, 2.24) is 4.98 Å². The number of rotatable bonds is 3. The Labute approximate surface area is 190 Å². The Hall–Kier alpha value is -4.38. The van der Waals surface area contributed by atoms with Crippen molar-refractivity contribution in [3.8, 4) is 11.1 Å².